The lowest BCUT2D eigenvalue weighted by atomic mass is 9.92. The SMILES string of the molecule is CC1(S(N)(=O)=O)C=CC(OCC2CC2)=C(C(=O)N2CCN(c3ccc(C#N)cc3F)CC2)C1. The molecule has 0 spiro atoms. The molecule has 1 aromatic carbocycles. The third kappa shape index (κ3) is 4.89. The minimum atomic E-state index is -3.94. The summed E-state index contributed by atoms with van der Waals surface area (Å²) in [4.78, 5) is 16.9. The van der Waals surface area contributed by atoms with Gasteiger partial charge in [-0.1, -0.05) is 6.08 Å². The van der Waals surface area contributed by atoms with Crippen molar-refractivity contribution >= 4 is 21.6 Å². The predicted molar refractivity (Wildman–Crippen MR) is 121 cm³/mol. The van der Waals surface area contributed by atoms with Gasteiger partial charge in [0.1, 0.15) is 16.3 Å². The van der Waals surface area contributed by atoms with E-state index in [1.165, 1.54) is 19.1 Å². The summed E-state index contributed by atoms with van der Waals surface area (Å²) >= 11 is 0. The molecule has 0 aromatic heterocycles. The van der Waals surface area contributed by atoms with Crippen LogP contribution in [-0.4, -0.2) is 56.8 Å². The molecule has 0 bridgehead atoms. The van der Waals surface area contributed by atoms with Crippen LogP contribution in [0.5, 0.6) is 0 Å². The van der Waals surface area contributed by atoms with Gasteiger partial charge in [-0.05, 0) is 50.0 Å². The number of ether oxygens (including phenoxy) is 1. The van der Waals surface area contributed by atoms with E-state index in [0.717, 1.165) is 12.8 Å². The highest BCUT2D eigenvalue weighted by atomic mass is 32.2. The molecule has 1 aromatic rings. The molecule has 33 heavy (non-hydrogen) atoms. The third-order valence-electron chi connectivity index (χ3n) is 6.48. The number of carbonyl (C=O) groups excluding carboxylic acids is 1. The Morgan fingerprint density at radius 2 is 2.00 bits per heavy atom. The number of halogens is 1. The van der Waals surface area contributed by atoms with Gasteiger partial charge in [-0.2, -0.15) is 5.26 Å². The second kappa shape index (κ2) is 8.80. The summed E-state index contributed by atoms with van der Waals surface area (Å²) in [5.74, 6) is 0.0989. The summed E-state index contributed by atoms with van der Waals surface area (Å²) in [7, 11) is -3.94. The molecule has 1 saturated heterocycles. The van der Waals surface area contributed by atoms with E-state index in [-0.39, 0.29) is 17.9 Å². The maximum Gasteiger partial charge on any atom is 0.253 e. The van der Waals surface area contributed by atoms with Crippen molar-refractivity contribution in [3.63, 3.8) is 0 Å². The number of hydrogen-bond donors (Lipinski definition) is 1. The lowest BCUT2D eigenvalue weighted by molar-refractivity contribution is -0.127. The maximum absolute atomic E-state index is 14.4. The quantitative estimate of drug-likeness (QED) is 0.674. The lowest BCUT2D eigenvalue weighted by Gasteiger charge is -2.38. The molecule has 2 aliphatic carbocycles. The van der Waals surface area contributed by atoms with E-state index < -0.39 is 20.6 Å². The molecule has 1 saturated carbocycles. The van der Waals surface area contributed by atoms with Crippen LogP contribution in [0.15, 0.2) is 41.7 Å². The van der Waals surface area contributed by atoms with Crippen molar-refractivity contribution in [2.75, 3.05) is 37.7 Å². The van der Waals surface area contributed by atoms with Crippen LogP contribution in [0.4, 0.5) is 10.1 Å². The largest absolute Gasteiger partial charge is 0.493 e. The first-order valence-electron chi connectivity index (χ1n) is 10.9. The van der Waals surface area contributed by atoms with Crippen LogP contribution in [0, 0.1) is 23.1 Å². The number of piperazine rings is 1. The van der Waals surface area contributed by atoms with E-state index in [1.54, 1.807) is 23.1 Å². The van der Waals surface area contributed by atoms with Crippen LogP contribution in [0.2, 0.25) is 0 Å². The number of nitrogens with zero attached hydrogens (tertiary/aromatic N) is 3. The van der Waals surface area contributed by atoms with Crippen molar-refractivity contribution in [3.05, 3.63) is 53.1 Å². The number of hydrogen-bond acceptors (Lipinski definition) is 6. The van der Waals surface area contributed by atoms with Gasteiger partial charge in [0, 0.05) is 32.6 Å². The molecule has 2 N–H and O–H groups in total. The Morgan fingerprint density at radius 1 is 1.30 bits per heavy atom. The summed E-state index contributed by atoms with van der Waals surface area (Å²) in [6.45, 7) is 3.48. The van der Waals surface area contributed by atoms with Crippen molar-refractivity contribution in [3.8, 4) is 6.07 Å². The average molecular weight is 475 g/mol. The third-order valence-corrected chi connectivity index (χ3v) is 8.06. The molecule has 176 valence electrons. The molecule has 0 radical (unpaired) electrons. The molecule has 4 rings (SSSR count). The van der Waals surface area contributed by atoms with E-state index in [2.05, 4.69) is 0 Å². The molecular formula is C23H27FN4O4S. The molecular weight excluding hydrogens is 447 g/mol. The fraction of sp³-hybridized carbons (Fsp3) is 0.478. The Balaban J connectivity index is 1.50. The zero-order valence-corrected chi connectivity index (χ0v) is 19.3. The number of primary sulfonamides is 1. The van der Waals surface area contributed by atoms with E-state index in [4.69, 9.17) is 15.1 Å². The van der Waals surface area contributed by atoms with Crippen molar-refractivity contribution < 1.29 is 22.3 Å². The van der Waals surface area contributed by atoms with Gasteiger partial charge in [0.2, 0.25) is 10.0 Å². The highest BCUT2D eigenvalue weighted by Gasteiger charge is 2.41. The molecule has 10 heteroatoms. The molecule has 1 unspecified atom stereocenters. The summed E-state index contributed by atoms with van der Waals surface area (Å²) in [5.41, 5.74) is 0.933. The van der Waals surface area contributed by atoms with Crippen LogP contribution in [0.1, 0.15) is 31.7 Å². The number of anilines is 1. The van der Waals surface area contributed by atoms with Gasteiger partial charge < -0.3 is 14.5 Å². The van der Waals surface area contributed by atoms with Crippen molar-refractivity contribution in [1.29, 1.82) is 5.26 Å². The zero-order valence-electron chi connectivity index (χ0n) is 18.5. The summed E-state index contributed by atoms with van der Waals surface area (Å²) < 4.78 is 43.3. The Morgan fingerprint density at radius 3 is 2.58 bits per heavy atom. The van der Waals surface area contributed by atoms with Crippen molar-refractivity contribution in [1.82, 2.24) is 4.90 Å². The molecule has 3 aliphatic rings. The normalized spacial score (nSPS) is 23.5. The van der Waals surface area contributed by atoms with Gasteiger partial charge >= 0.3 is 0 Å². The molecule has 2 fully saturated rings. The number of nitriles is 1. The van der Waals surface area contributed by atoms with E-state index >= 15 is 0 Å². The number of rotatable bonds is 6. The zero-order chi connectivity index (χ0) is 23.8. The maximum atomic E-state index is 14.4. The second-order valence-electron chi connectivity index (χ2n) is 9.02. The number of sulfonamides is 1. The van der Waals surface area contributed by atoms with Gasteiger partial charge in [0.15, 0.2) is 0 Å². The fourth-order valence-electron chi connectivity index (χ4n) is 4.03. The number of allylic oxidation sites excluding steroid dienone is 1. The Bertz CT molecular complexity index is 1160. The molecule has 1 heterocycles. The van der Waals surface area contributed by atoms with E-state index in [9.17, 15) is 17.6 Å². The van der Waals surface area contributed by atoms with Crippen LogP contribution in [0.25, 0.3) is 0 Å². The van der Waals surface area contributed by atoms with Gasteiger partial charge in [-0.3, -0.25) is 4.79 Å². The Kier molecular flexibility index (Phi) is 6.20. The van der Waals surface area contributed by atoms with Crippen molar-refractivity contribution in [2.45, 2.75) is 30.9 Å². The van der Waals surface area contributed by atoms with Crippen LogP contribution >= 0.6 is 0 Å². The number of benzene rings is 1. The van der Waals surface area contributed by atoms with E-state index in [1.807, 2.05) is 11.0 Å². The summed E-state index contributed by atoms with van der Waals surface area (Å²) in [6, 6.07) is 6.24. The topological polar surface area (TPSA) is 117 Å². The summed E-state index contributed by atoms with van der Waals surface area (Å²) in [5, 5.41) is 14.4. The fourth-order valence-corrected chi connectivity index (χ4v) is 4.63. The standard InChI is InChI=1S/C23H27FN4O4S/c1-23(33(26,30)31)7-6-21(32-15-16-2-3-16)18(13-23)22(29)28-10-8-27(9-11-28)20-5-4-17(14-25)12-19(20)24/h4-7,12,16H,2-3,8-11,13,15H2,1H3,(H2,26,30,31). The van der Waals surface area contributed by atoms with Crippen LogP contribution in [0.3, 0.4) is 0 Å². The highest BCUT2D eigenvalue weighted by Crippen LogP contribution is 2.36. The predicted octanol–water partition coefficient (Wildman–Crippen LogP) is 2.03. The minimum absolute atomic E-state index is 0.0639. The average Bonchev–Trinajstić information content (AvgIpc) is 3.61. The van der Waals surface area contributed by atoms with Gasteiger partial charge in [0.05, 0.1) is 29.5 Å². The summed E-state index contributed by atoms with van der Waals surface area (Å²) in [6.07, 6.45) is 5.15. The smallest absolute Gasteiger partial charge is 0.253 e. The molecule has 8 nitrogen and oxygen atoms in total. The second-order valence-corrected chi connectivity index (χ2v) is 11.0. The first-order valence-corrected chi connectivity index (χ1v) is 12.5. The highest BCUT2D eigenvalue weighted by molar-refractivity contribution is 7.90. The van der Waals surface area contributed by atoms with Crippen molar-refractivity contribution in [2.24, 2.45) is 11.1 Å². The van der Waals surface area contributed by atoms with Gasteiger partial charge in [-0.15, -0.1) is 0 Å². The van der Waals surface area contributed by atoms with E-state index in [0.29, 0.717) is 55.7 Å². The molecule has 1 atom stereocenters. The number of amides is 1. The van der Waals surface area contributed by atoms with Gasteiger partial charge in [-0.25, -0.2) is 17.9 Å². The molecule has 1 amide bonds. The first kappa shape index (κ1) is 23.3. The molecule has 1 aliphatic heterocycles. The lowest BCUT2D eigenvalue weighted by Crippen LogP contribution is -2.50. The Labute approximate surface area is 193 Å². The monoisotopic (exact) mass is 474 g/mol. The number of nitrogens with two attached hydrogens (primary N) is 1. The van der Waals surface area contributed by atoms with Crippen LogP contribution in [-0.2, 0) is 19.6 Å². The van der Waals surface area contributed by atoms with Crippen LogP contribution < -0.4 is 10.0 Å². The minimum Gasteiger partial charge on any atom is -0.493 e. The van der Waals surface area contributed by atoms with Gasteiger partial charge in [0.25, 0.3) is 5.91 Å². The number of carbonyl (C=O) groups is 1. The Hall–Kier alpha value is -2.90. The first-order chi connectivity index (χ1) is 15.6.